The minimum Gasteiger partial charge on any atom is -0.496 e. The smallest absolute Gasteiger partial charge is 0.255 e. The highest BCUT2D eigenvalue weighted by molar-refractivity contribution is 7.21. The maximum Gasteiger partial charge on any atom is 0.255 e. The van der Waals surface area contributed by atoms with Crippen LogP contribution in [-0.4, -0.2) is 31.1 Å². The number of benzene rings is 1. The van der Waals surface area contributed by atoms with Crippen molar-refractivity contribution >= 4 is 43.9 Å². The van der Waals surface area contributed by atoms with Crippen LogP contribution in [0.4, 0.5) is 5.13 Å². The third-order valence-corrected chi connectivity index (χ3v) is 6.89. The summed E-state index contributed by atoms with van der Waals surface area (Å²) in [5.74, 6) is 0.677. The predicted molar refractivity (Wildman–Crippen MR) is 114 cm³/mol. The van der Waals surface area contributed by atoms with Crippen molar-refractivity contribution in [2.45, 2.75) is 19.4 Å². The monoisotopic (exact) mass is 415 g/mol. The minimum atomic E-state index is -0.120. The second-order valence-electron chi connectivity index (χ2n) is 6.73. The largest absolute Gasteiger partial charge is 0.496 e. The van der Waals surface area contributed by atoms with E-state index in [-0.39, 0.29) is 16.6 Å². The number of aromatic nitrogens is 1. The van der Waals surface area contributed by atoms with Crippen molar-refractivity contribution in [2.75, 3.05) is 25.1 Å². The average Bonchev–Trinajstić information content (AvgIpc) is 3.21. The van der Waals surface area contributed by atoms with Gasteiger partial charge in [-0.15, -0.1) is 11.3 Å². The summed E-state index contributed by atoms with van der Waals surface area (Å²) < 4.78 is 6.09. The summed E-state index contributed by atoms with van der Waals surface area (Å²) in [7, 11) is 1.63. The summed E-state index contributed by atoms with van der Waals surface area (Å²) >= 11 is 2.59. The van der Waals surface area contributed by atoms with Gasteiger partial charge in [0.2, 0.25) is 5.91 Å². The Kier molecular flexibility index (Phi) is 5.59. The molecule has 28 heavy (non-hydrogen) atoms. The van der Waals surface area contributed by atoms with Crippen LogP contribution in [0, 0.1) is 5.92 Å². The molecule has 1 aromatic carbocycles. The number of para-hydroxylation sites is 1. The van der Waals surface area contributed by atoms with Gasteiger partial charge in [0, 0.05) is 25.2 Å². The third-order valence-electron chi connectivity index (χ3n) is 4.94. The molecule has 2 aromatic heterocycles. The lowest BCUT2D eigenvalue weighted by atomic mass is 9.97. The number of ether oxygens (including phenoxy) is 1. The van der Waals surface area contributed by atoms with E-state index in [4.69, 9.17) is 4.74 Å². The summed E-state index contributed by atoms with van der Waals surface area (Å²) in [4.78, 5) is 31.7. The molecule has 0 bridgehead atoms. The number of hydrogen-bond donors (Lipinski definition) is 1. The lowest BCUT2D eigenvalue weighted by Gasteiger charge is -2.32. The van der Waals surface area contributed by atoms with Gasteiger partial charge in [0.25, 0.3) is 4.74 Å². The Labute approximate surface area is 170 Å². The number of anilines is 1. The van der Waals surface area contributed by atoms with Gasteiger partial charge in [-0.25, -0.2) is 4.98 Å². The zero-order valence-corrected chi connectivity index (χ0v) is 17.1. The Hall–Kier alpha value is -2.45. The van der Waals surface area contributed by atoms with Crippen LogP contribution >= 0.6 is 22.7 Å². The molecule has 1 aliphatic rings. The Morgan fingerprint density at radius 1 is 1.36 bits per heavy atom. The molecular weight excluding hydrogens is 394 g/mol. The van der Waals surface area contributed by atoms with Crippen LogP contribution in [0.25, 0.3) is 10.2 Å². The van der Waals surface area contributed by atoms with Crippen molar-refractivity contribution in [2.24, 2.45) is 5.92 Å². The van der Waals surface area contributed by atoms with Crippen LogP contribution in [-0.2, 0) is 11.3 Å². The molecule has 1 saturated heterocycles. The Morgan fingerprint density at radius 3 is 3.07 bits per heavy atom. The van der Waals surface area contributed by atoms with Gasteiger partial charge in [0.15, 0.2) is 5.13 Å². The zero-order valence-electron chi connectivity index (χ0n) is 15.5. The van der Waals surface area contributed by atoms with Crippen LogP contribution in [0.2, 0.25) is 0 Å². The summed E-state index contributed by atoms with van der Waals surface area (Å²) in [6.45, 7) is 1.83. The molecular formula is C20H21N3O3S2. The van der Waals surface area contributed by atoms with E-state index in [0.717, 1.165) is 36.2 Å². The standard InChI is InChI=1S/C20H21N3O3S2/c1-26-16-7-3-2-5-13(16)11-21-18(24)14-6-4-9-23(12-14)20-22-15-8-10-27-17(15)19(25)28-20/h2-3,5,7-8,10,14H,4,6,9,11-12H2,1H3,(H,21,24)/t14-/m0/s1. The fraction of sp³-hybridized carbons (Fsp3) is 0.350. The van der Waals surface area contributed by atoms with Gasteiger partial charge >= 0.3 is 0 Å². The lowest BCUT2D eigenvalue weighted by Crippen LogP contribution is -2.43. The number of carbonyl (C=O) groups excluding carboxylic acids is 1. The van der Waals surface area contributed by atoms with Gasteiger partial charge in [-0.3, -0.25) is 9.59 Å². The summed E-state index contributed by atoms with van der Waals surface area (Å²) in [5.41, 5.74) is 1.69. The molecule has 1 N–H and O–H groups in total. The van der Waals surface area contributed by atoms with Gasteiger partial charge < -0.3 is 15.0 Å². The van der Waals surface area contributed by atoms with Crippen LogP contribution in [0.5, 0.6) is 5.75 Å². The summed E-state index contributed by atoms with van der Waals surface area (Å²) in [5, 5.41) is 5.62. The molecule has 0 saturated carbocycles. The Bertz CT molecular complexity index is 1050. The number of rotatable bonds is 5. The number of thiophene rings is 1. The molecule has 146 valence electrons. The maximum atomic E-state index is 12.7. The normalized spacial score (nSPS) is 16.9. The van der Waals surface area contributed by atoms with E-state index in [9.17, 15) is 9.59 Å². The lowest BCUT2D eigenvalue weighted by molar-refractivity contribution is -0.125. The molecule has 1 aliphatic heterocycles. The number of nitrogens with zero attached hydrogens (tertiary/aromatic N) is 2. The average molecular weight is 416 g/mol. The molecule has 1 atom stereocenters. The maximum absolute atomic E-state index is 12.7. The van der Waals surface area contributed by atoms with E-state index in [0.29, 0.717) is 22.9 Å². The first kappa shape index (κ1) is 18.9. The van der Waals surface area contributed by atoms with Gasteiger partial charge in [0.1, 0.15) is 10.4 Å². The molecule has 0 unspecified atom stereocenters. The van der Waals surface area contributed by atoms with Gasteiger partial charge in [-0.1, -0.05) is 29.5 Å². The van der Waals surface area contributed by atoms with Crippen LogP contribution in [0.1, 0.15) is 18.4 Å². The summed E-state index contributed by atoms with van der Waals surface area (Å²) in [6, 6.07) is 9.55. The van der Waals surface area contributed by atoms with E-state index in [1.807, 2.05) is 35.7 Å². The number of amides is 1. The first-order chi connectivity index (χ1) is 13.7. The molecule has 1 amide bonds. The van der Waals surface area contributed by atoms with Crippen LogP contribution in [0.15, 0.2) is 40.5 Å². The van der Waals surface area contributed by atoms with E-state index in [1.54, 1.807) is 7.11 Å². The highest BCUT2D eigenvalue weighted by Crippen LogP contribution is 2.27. The van der Waals surface area contributed by atoms with Crippen molar-refractivity contribution in [3.05, 3.63) is 50.8 Å². The zero-order chi connectivity index (χ0) is 19.5. The first-order valence-electron chi connectivity index (χ1n) is 9.18. The molecule has 8 heteroatoms. The van der Waals surface area contributed by atoms with Crippen LogP contribution < -0.4 is 19.7 Å². The van der Waals surface area contributed by atoms with E-state index in [1.165, 1.54) is 22.7 Å². The molecule has 3 heterocycles. The molecule has 6 nitrogen and oxygen atoms in total. The number of hydrogen-bond acceptors (Lipinski definition) is 7. The van der Waals surface area contributed by atoms with Crippen molar-refractivity contribution in [3.63, 3.8) is 0 Å². The highest BCUT2D eigenvalue weighted by Gasteiger charge is 2.27. The van der Waals surface area contributed by atoms with Crippen LogP contribution in [0.3, 0.4) is 0 Å². The molecule has 1 fully saturated rings. The van der Waals surface area contributed by atoms with Gasteiger partial charge in [-0.05, 0) is 30.4 Å². The van der Waals surface area contributed by atoms with E-state index in [2.05, 4.69) is 15.2 Å². The van der Waals surface area contributed by atoms with Gasteiger partial charge in [-0.2, -0.15) is 0 Å². The number of piperidine rings is 1. The SMILES string of the molecule is COc1ccccc1CNC(=O)[C@H]1CCCN(c2nc3ccsc3c(=O)s2)C1. The quantitative estimate of drug-likeness (QED) is 0.693. The molecule has 4 rings (SSSR count). The number of fused-ring (bicyclic) bond motifs is 1. The predicted octanol–water partition coefficient (Wildman–Crippen LogP) is 3.26. The second kappa shape index (κ2) is 8.28. The van der Waals surface area contributed by atoms with Gasteiger partial charge in [0.05, 0.1) is 18.5 Å². The van der Waals surface area contributed by atoms with E-state index >= 15 is 0 Å². The molecule has 0 spiro atoms. The van der Waals surface area contributed by atoms with E-state index < -0.39 is 0 Å². The fourth-order valence-electron chi connectivity index (χ4n) is 3.47. The highest BCUT2D eigenvalue weighted by atomic mass is 32.1. The first-order valence-corrected chi connectivity index (χ1v) is 10.9. The topological polar surface area (TPSA) is 71.5 Å². The molecule has 3 aromatic rings. The number of methoxy groups -OCH3 is 1. The number of nitrogens with one attached hydrogen (secondary N) is 1. The molecule has 0 aliphatic carbocycles. The third kappa shape index (κ3) is 3.88. The van der Waals surface area contributed by atoms with Crippen molar-refractivity contribution in [3.8, 4) is 5.75 Å². The number of carbonyl (C=O) groups is 1. The van der Waals surface area contributed by atoms with Crippen molar-refractivity contribution in [1.82, 2.24) is 10.3 Å². The Morgan fingerprint density at radius 2 is 2.21 bits per heavy atom. The Balaban J connectivity index is 1.44. The van der Waals surface area contributed by atoms with Crippen molar-refractivity contribution in [1.29, 1.82) is 0 Å². The summed E-state index contributed by atoms with van der Waals surface area (Å²) in [6.07, 6.45) is 1.74. The van der Waals surface area contributed by atoms with Crippen molar-refractivity contribution < 1.29 is 9.53 Å². The fourth-order valence-corrected chi connectivity index (χ4v) is 5.21. The molecule has 0 radical (unpaired) electrons. The minimum absolute atomic E-state index is 0.0274. The second-order valence-corrected chi connectivity index (χ2v) is 8.59.